The number of fused-ring (bicyclic) bond motifs is 1. The van der Waals surface area contributed by atoms with E-state index in [0.29, 0.717) is 18.2 Å². The van der Waals surface area contributed by atoms with E-state index < -0.39 is 17.4 Å². The molecule has 1 atom stereocenters. The molecule has 2 heterocycles. The fourth-order valence-electron chi connectivity index (χ4n) is 3.61. The van der Waals surface area contributed by atoms with Gasteiger partial charge in [0, 0.05) is 13.6 Å². The van der Waals surface area contributed by atoms with Crippen LogP contribution in [0.1, 0.15) is 45.1 Å². The quantitative estimate of drug-likeness (QED) is 0.371. The Balaban J connectivity index is 1.80. The minimum absolute atomic E-state index is 0.0620. The minimum atomic E-state index is -0.880. The summed E-state index contributed by atoms with van der Waals surface area (Å²) >= 11 is 0. The molecular formula is C23H33N5O4. The van der Waals surface area contributed by atoms with Crippen molar-refractivity contribution in [2.75, 3.05) is 18.5 Å². The molecule has 0 unspecified atom stereocenters. The number of aromatic amines is 1. The van der Waals surface area contributed by atoms with E-state index in [0.717, 1.165) is 37.7 Å². The van der Waals surface area contributed by atoms with Crippen LogP contribution in [0.5, 0.6) is 5.75 Å². The maximum Gasteiger partial charge on any atom is 0.329 e. The van der Waals surface area contributed by atoms with Gasteiger partial charge in [-0.1, -0.05) is 45.2 Å². The van der Waals surface area contributed by atoms with Gasteiger partial charge in [0.15, 0.2) is 11.2 Å². The van der Waals surface area contributed by atoms with Gasteiger partial charge in [0.1, 0.15) is 18.5 Å². The van der Waals surface area contributed by atoms with Crippen LogP contribution >= 0.6 is 0 Å². The third-order valence-corrected chi connectivity index (χ3v) is 5.46. The van der Waals surface area contributed by atoms with E-state index in [1.807, 2.05) is 24.3 Å². The Kier molecular flexibility index (Phi) is 8.10. The van der Waals surface area contributed by atoms with Crippen LogP contribution in [-0.4, -0.2) is 43.5 Å². The molecule has 2 aromatic heterocycles. The molecule has 0 aliphatic carbocycles. The largest absolute Gasteiger partial charge is 0.491 e. The molecule has 32 heavy (non-hydrogen) atoms. The maximum absolute atomic E-state index is 12.6. The fraction of sp³-hybridized carbons (Fsp3) is 0.522. The van der Waals surface area contributed by atoms with E-state index >= 15 is 0 Å². The number of benzene rings is 1. The SMILES string of the molecule is CCCCCCNc1nc2c(c(=O)[nH]c(=O)n2C)n1C[C@@H](O)COc1cccc(CC)c1. The predicted molar refractivity (Wildman–Crippen MR) is 126 cm³/mol. The first-order valence-electron chi connectivity index (χ1n) is 11.3. The number of rotatable bonds is 12. The van der Waals surface area contributed by atoms with E-state index in [1.54, 1.807) is 11.6 Å². The van der Waals surface area contributed by atoms with Crippen molar-refractivity contribution in [3.8, 4) is 5.75 Å². The highest BCUT2D eigenvalue weighted by atomic mass is 16.5. The predicted octanol–water partition coefficient (Wildman–Crippen LogP) is 2.42. The summed E-state index contributed by atoms with van der Waals surface area (Å²) in [6, 6.07) is 7.74. The Hall–Kier alpha value is -3.07. The number of aromatic nitrogens is 4. The van der Waals surface area contributed by atoms with Crippen LogP contribution in [-0.2, 0) is 20.0 Å². The van der Waals surface area contributed by atoms with Gasteiger partial charge >= 0.3 is 5.69 Å². The van der Waals surface area contributed by atoms with Crippen LogP contribution in [0.2, 0.25) is 0 Å². The number of nitrogens with zero attached hydrogens (tertiary/aromatic N) is 3. The molecule has 3 aromatic rings. The molecule has 1 aromatic carbocycles. The molecule has 9 nitrogen and oxygen atoms in total. The number of aryl methyl sites for hydroxylation is 2. The Bertz CT molecular complexity index is 1150. The Labute approximate surface area is 187 Å². The van der Waals surface area contributed by atoms with Gasteiger partial charge in [-0.05, 0) is 30.5 Å². The number of nitrogens with one attached hydrogen (secondary N) is 2. The molecule has 0 fully saturated rings. The molecule has 0 bridgehead atoms. The lowest BCUT2D eigenvalue weighted by atomic mass is 10.2. The highest BCUT2D eigenvalue weighted by Gasteiger charge is 2.19. The van der Waals surface area contributed by atoms with Crippen LogP contribution < -0.4 is 21.3 Å². The topological polar surface area (TPSA) is 114 Å². The molecule has 3 N–H and O–H groups in total. The molecule has 0 radical (unpaired) electrons. The maximum atomic E-state index is 12.6. The standard InChI is InChI=1S/C23H33N5O4/c1-4-6-7-8-12-24-22-25-20-19(21(30)26-23(31)27(20)3)28(22)14-17(29)15-32-18-11-9-10-16(5-2)13-18/h9-11,13,17,29H,4-8,12,14-15H2,1-3H3,(H,24,25)(H,26,30,31)/t17-/m1/s1. The molecule has 0 spiro atoms. The number of ether oxygens (including phenoxy) is 1. The minimum Gasteiger partial charge on any atom is -0.491 e. The van der Waals surface area contributed by atoms with Crippen molar-refractivity contribution < 1.29 is 9.84 Å². The average Bonchev–Trinajstić information content (AvgIpc) is 3.14. The average molecular weight is 444 g/mol. The van der Waals surface area contributed by atoms with Crippen LogP contribution in [0.25, 0.3) is 11.2 Å². The van der Waals surface area contributed by atoms with Gasteiger partial charge in [0.05, 0.1) is 6.54 Å². The van der Waals surface area contributed by atoms with Gasteiger partial charge in [-0.15, -0.1) is 0 Å². The van der Waals surface area contributed by atoms with Gasteiger partial charge in [0.2, 0.25) is 5.95 Å². The summed E-state index contributed by atoms with van der Waals surface area (Å²) in [5, 5.41) is 13.9. The van der Waals surface area contributed by atoms with Crippen LogP contribution in [0, 0.1) is 0 Å². The fourth-order valence-corrected chi connectivity index (χ4v) is 3.61. The van der Waals surface area contributed by atoms with Crippen molar-refractivity contribution in [1.82, 2.24) is 19.1 Å². The zero-order valence-corrected chi connectivity index (χ0v) is 19.1. The van der Waals surface area contributed by atoms with Crippen LogP contribution in [0.15, 0.2) is 33.9 Å². The Morgan fingerprint density at radius 1 is 1.22 bits per heavy atom. The van der Waals surface area contributed by atoms with Crippen LogP contribution in [0.3, 0.4) is 0 Å². The van der Waals surface area contributed by atoms with Crippen molar-refractivity contribution in [2.24, 2.45) is 7.05 Å². The first-order valence-corrected chi connectivity index (χ1v) is 11.3. The highest BCUT2D eigenvalue weighted by molar-refractivity contribution is 5.74. The van der Waals surface area contributed by atoms with Crippen LogP contribution in [0.4, 0.5) is 5.95 Å². The lowest BCUT2D eigenvalue weighted by Gasteiger charge is -2.16. The lowest BCUT2D eigenvalue weighted by Crippen LogP contribution is -2.31. The zero-order valence-electron chi connectivity index (χ0n) is 19.1. The first kappa shape index (κ1) is 23.6. The van der Waals surface area contributed by atoms with Gasteiger partial charge in [-0.3, -0.25) is 14.3 Å². The van der Waals surface area contributed by atoms with Crippen molar-refractivity contribution in [3.63, 3.8) is 0 Å². The monoisotopic (exact) mass is 443 g/mol. The molecular weight excluding hydrogens is 410 g/mol. The number of aliphatic hydroxyl groups is 1. The lowest BCUT2D eigenvalue weighted by molar-refractivity contribution is 0.0938. The van der Waals surface area contributed by atoms with Gasteiger partial charge in [-0.25, -0.2) is 4.79 Å². The molecule has 174 valence electrons. The summed E-state index contributed by atoms with van der Waals surface area (Å²) in [5.41, 5.74) is 0.619. The van der Waals surface area contributed by atoms with E-state index in [4.69, 9.17) is 4.74 Å². The van der Waals surface area contributed by atoms with Gasteiger partial charge in [-0.2, -0.15) is 4.98 Å². The number of aliphatic hydroxyl groups excluding tert-OH is 1. The molecule has 0 amide bonds. The normalized spacial score (nSPS) is 12.2. The second kappa shape index (κ2) is 11.0. The summed E-state index contributed by atoms with van der Waals surface area (Å²) in [7, 11) is 1.56. The van der Waals surface area contributed by atoms with Crippen molar-refractivity contribution in [2.45, 2.75) is 58.6 Å². The summed E-state index contributed by atoms with van der Waals surface area (Å²) in [4.78, 5) is 31.4. The smallest absolute Gasteiger partial charge is 0.329 e. The number of hydrogen-bond donors (Lipinski definition) is 3. The number of hydrogen-bond acceptors (Lipinski definition) is 6. The molecule has 3 rings (SSSR count). The third-order valence-electron chi connectivity index (χ3n) is 5.46. The van der Waals surface area contributed by atoms with Crippen molar-refractivity contribution in [3.05, 3.63) is 50.7 Å². The summed E-state index contributed by atoms with van der Waals surface area (Å²) in [5.74, 6) is 1.14. The summed E-state index contributed by atoms with van der Waals surface area (Å²) in [6.07, 6.45) is 4.37. The number of anilines is 1. The number of unbranched alkanes of at least 4 members (excludes halogenated alkanes) is 3. The molecule has 0 saturated carbocycles. The molecule has 0 aliphatic rings. The van der Waals surface area contributed by atoms with Crippen molar-refractivity contribution in [1.29, 1.82) is 0 Å². The second-order valence-corrected chi connectivity index (χ2v) is 7.99. The van der Waals surface area contributed by atoms with E-state index in [2.05, 4.69) is 29.1 Å². The molecule has 0 aliphatic heterocycles. The summed E-state index contributed by atoms with van der Waals surface area (Å²) < 4.78 is 8.69. The first-order chi connectivity index (χ1) is 15.4. The summed E-state index contributed by atoms with van der Waals surface area (Å²) in [6.45, 7) is 5.07. The molecule has 9 heteroatoms. The zero-order chi connectivity index (χ0) is 23.1. The van der Waals surface area contributed by atoms with E-state index in [-0.39, 0.29) is 24.3 Å². The second-order valence-electron chi connectivity index (χ2n) is 7.99. The Morgan fingerprint density at radius 2 is 2.03 bits per heavy atom. The highest BCUT2D eigenvalue weighted by Crippen LogP contribution is 2.18. The van der Waals surface area contributed by atoms with Gasteiger partial charge in [0.25, 0.3) is 5.56 Å². The van der Waals surface area contributed by atoms with Gasteiger partial charge < -0.3 is 19.7 Å². The molecule has 0 saturated heterocycles. The number of imidazole rings is 1. The van der Waals surface area contributed by atoms with E-state index in [9.17, 15) is 14.7 Å². The Morgan fingerprint density at radius 3 is 2.78 bits per heavy atom. The third kappa shape index (κ3) is 5.59. The number of H-pyrrole nitrogens is 1. The van der Waals surface area contributed by atoms with Crippen molar-refractivity contribution >= 4 is 17.1 Å². The van der Waals surface area contributed by atoms with E-state index in [1.165, 1.54) is 4.57 Å².